The van der Waals surface area contributed by atoms with E-state index in [0.29, 0.717) is 5.56 Å². The number of hydrogen-bond donors (Lipinski definition) is 2. The van der Waals surface area contributed by atoms with Crippen LogP contribution in [0, 0.1) is 5.41 Å². The highest BCUT2D eigenvalue weighted by molar-refractivity contribution is 5.35. The fraction of sp³-hybridized carbons (Fsp3) is 0.368. The zero-order valence-electron chi connectivity index (χ0n) is 13.2. The van der Waals surface area contributed by atoms with E-state index >= 15 is 0 Å². The van der Waals surface area contributed by atoms with Gasteiger partial charge in [-0.1, -0.05) is 81.4 Å². The van der Waals surface area contributed by atoms with E-state index in [4.69, 9.17) is 0 Å². The van der Waals surface area contributed by atoms with Crippen LogP contribution >= 0.6 is 0 Å². The SMILES string of the molecule is CC(C)(C)C(C)(c1ccccc1)C(O)(O)c1ccccc1. The first-order chi connectivity index (χ1) is 9.71. The Morgan fingerprint density at radius 3 is 1.38 bits per heavy atom. The summed E-state index contributed by atoms with van der Waals surface area (Å²) in [6.07, 6.45) is 0. The molecule has 1 atom stereocenters. The van der Waals surface area contributed by atoms with Crippen LogP contribution in [-0.4, -0.2) is 10.2 Å². The van der Waals surface area contributed by atoms with Gasteiger partial charge in [0.25, 0.3) is 0 Å². The van der Waals surface area contributed by atoms with Crippen molar-refractivity contribution in [1.29, 1.82) is 0 Å². The van der Waals surface area contributed by atoms with Crippen molar-refractivity contribution in [2.75, 3.05) is 0 Å². The van der Waals surface area contributed by atoms with Gasteiger partial charge in [-0.25, -0.2) is 0 Å². The van der Waals surface area contributed by atoms with Gasteiger partial charge in [0, 0.05) is 5.56 Å². The van der Waals surface area contributed by atoms with Gasteiger partial charge in [0.15, 0.2) is 5.79 Å². The van der Waals surface area contributed by atoms with Crippen LogP contribution in [0.25, 0.3) is 0 Å². The summed E-state index contributed by atoms with van der Waals surface area (Å²) < 4.78 is 0. The Labute approximate surface area is 127 Å². The monoisotopic (exact) mass is 284 g/mol. The Morgan fingerprint density at radius 2 is 1.00 bits per heavy atom. The lowest BCUT2D eigenvalue weighted by Gasteiger charge is -2.50. The number of benzene rings is 2. The molecule has 0 aromatic heterocycles. The largest absolute Gasteiger partial charge is 0.361 e. The molecule has 0 aliphatic heterocycles. The van der Waals surface area contributed by atoms with Crippen molar-refractivity contribution in [3.8, 4) is 0 Å². The molecule has 21 heavy (non-hydrogen) atoms. The van der Waals surface area contributed by atoms with Crippen LogP contribution in [-0.2, 0) is 11.2 Å². The third kappa shape index (κ3) is 2.50. The van der Waals surface area contributed by atoms with Crippen LogP contribution in [0.3, 0.4) is 0 Å². The summed E-state index contributed by atoms with van der Waals surface area (Å²) in [5.74, 6) is -1.96. The number of aliphatic hydroxyl groups is 2. The highest BCUT2D eigenvalue weighted by atomic mass is 16.5. The fourth-order valence-electron chi connectivity index (χ4n) is 2.89. The quantitative estimate of drug-likeness (QED) is 0.841. The van der Waals surface area contributed by atoms with Crippen LogP contribution in [0.2, 0.25) is 0 Å². The number of hydrogen-bond acceptors (Lipinski definition) is 2. The van der Waals surface area contributed by atoms with E-state index < -0.39 is 11.2 Å². The van der Waals surface area contributed by atoms with Crippen LogP contribution < -0.4 is 0 Å². The Kier molecular flexibility index (Phi) is 3.96. The van der Waals surface area contributed by atoms with Crippen LogP contribution in [0.4, 0.5) is 0 Å². The van der Waals surface area contributed by atoms with Crippen molar-refractivity contribution < 1.29 is 10.2 Å². The van der Waals surface area contributed by atoms with E-state index in [9.17, 15) is 10.2 Å². The maximum atomic E-state index is 11.0. The predicted molar refractivity (Wildman–Crippen MR) is 85.8 cm³/mol. The second-order valence-electron chi connectivity index (χ2n) is 6.78. The molecule has 0 saturated carbocycles. The van der Waals surface area contributed by atoms with Gasteiger partial charge < -0.3 is 10.2 Å². The van der Waals surface area contributed by atoms with Crippen molar-refractivity contribution in [3.63, 3.8) is 0 Å². The van der Waals surface area contributed by atoms with E-state index in [1.807, 2.05) is 76.2 Å². The van der Waals surface area contributed by atoms with Gasteiger partial charge in [-0.05, 0) is 17.9 Å². The van der Waals surface area contributed by atoms with E-state index in [-0.39, 0.29) is 5.41 Å². The lowest BCUT2D eigenvalue weighted by Crippen LogP contribution is -2.55. The molecule has 0 amide bonds. The smallest absolute Gasteiger partial charge is 0.200 e. The summed E-state index contributed by atoms with van der Waals surface area (Å²) in [6.45, 7) is 8.01. The lowest BCUT2D eigenvalue weighted by atomic mass is 9.58. The first kappa shape index (κ1) is 15.7. The van der Waals surface area contributed by atoms with Gasteiger partial charge in [-0.15, -0.1) is 0 Å². The minimum atomic E-state index is -1.96. The van der Waals surface area contributed by atoms with Gasteiger partial charge in [0.2, 0.25) is 0 Å². The lowest BCUT2D eigenvalue weighted by molar-refractivity contribution is -0.244. The van der Waals surface area contributed by atoms with Gasteiger partial charge >= 0.3 is 0 Å². The van der Waals surface area contributed by atoms with E-state index in [1.165, 1.54) is 0 Å². The molecular formula is C19H24O2. The zero-order chi connectivity index (χ0) is 15.7. The molecule has 1 unspecified atom stereocenters. The first-order valence-corrected chi connectivity index (χ1v) is 7.27. The maximum absolute atomic E-state index is 11.0. The van der Waals surface area contributed by atoms with Crippen LogP contribution in [0.1, 0.15) is 38.8 Å². The normalized spacial score (nSPS) is 15.5. The summed E-state index contributed by atoms with van der Waals surface area (Å²) in [4.78, 5) is 0. The first-order valence-electron chi connectivity index (χ1n) is 7.27. The second-order valence-corrected chi connectivity index (χ2v) is 6.78. The summed E-state index contributed by atoms with van der Waals surface area (Å²) in [5.41, 5.74) is 0.202. The Bertz CT molecular complexity index is 582. The van der Waals surface area contributed by atoms with Crippen LogP contribution in [0.5, 0.6) is 0 Å². The summed E-state index contributed by atoms with van der Waals surface area (Å²) in [7, 11) is 0. The minimum Gasteiger partial charge on any atom is -0.361 e. The highest BCUT2D eigenvalue weighted by Gasteiger charge is 2.55. The molecule has 0 bridgehead atoms. The molecule has 0 aliphatic carbocycles. The molecule has 0 spiro atoms. The molecular weight excluding hydrogens is 260 g/mol. The van der Waals surface area contributed by atoms with Crippen molar-refractivity contribution >= 4 is 0 Å². The maximum Gasteiger partial charge on any atom is 0.200 e. The van der Waals surface area contributed by atoms with E-state index in [0.717, 1.165) is 5.56 Å². The molecule has 0 fully saturated rings. The predicted octanol–water partition coefficient (Wildman–Crippen LogP) is 3.83. The highest BCUT2D eigenvalue weighted by Crippen LogP contribution is 2.51. The van der Waals surface area contributed by atoms with Crippen LogP contribution in [0.15, 0.2) is 60.7 Å². The number of rotatable bonds is 3. The van der Waals surface area contributed by atoms with Gasteiger partial charge in [0.1, 0.15) is 0 Å². The second kappa shape index (κ2) is 5.28. The van der Waals surface area contributed by atoms with E-state index in [1.54, 1.807) is 12.1 Å². The molecule has 2 heteroatoms. The molecule has 2 aromatic rings. The Balaban J connectivity index is 2.67. The molecule has 0 aliphatic rings. The van der Waals surface area contributed by atoms with Crippen molar-refractivity contribution in [1.82, 2.24) is 0 Å². The third-order valence-corrected chi connectivity index (χ3v) is 4.72. The molecule has 2 aromatic carbocycles. The van der Waals surface area contributed by atoms with E-state index in [2.05, 4.69) is 0 Å². The van der Waals surface area contributed by atoms with Crippen molar-refractivity contribution in [2.24, 2.45) is 5.41 Å². The molecule has 112 valence electrons. The molecule has 2 rings (SSSR count). The fourth-order valence-corrected chi connectivity index (χ4v) is 2.89. The molecule has 2 nitrogen and oxygen atoms in total. The standard InChI is InChI=1S/C19H24O2/c1-17(2,3)18(4,15-11-7-5-8-12-15)19(20,21)16-13-9-6-10-14-16/h5-14,20-21H,1-4H3. The van der Waals surface area contributed by atoms with Gasteiger partial charge in [0.05, 0.1) is 5.41 Å². The Hall–Kier alpha value is -1.64. The van der Waals surface area contributed by atoms with Gasteiger partial charge in [-0.2, -0.15) is 0 Å². The topological polar surface area (TPSA) is 40.5 Å². The zero-order valence-corrected chi connectivity index (χ0v) is 13.2. The molecule has 2 N–H and O–H groups in total. The van der Waals surface area contributed by atoms with Crippen molar-refractivity contribution in [3.05, 3.63) is 71.8 Å². The summed E-state index contributed by atoms with van der Waals surface area (Å²) in [5, 5.41) is 22.1. The molecule has 0 saturated heterocycles. The molecule has 0 heterocycles. The van der Waals surface area contributed by atoms with Gasteiger partial charge in [-0.3, -0.25) is 0 Å². The Morgan fingerprint density at radius 1 is 0.619 bits per heavy atom. The minimum absolute atomic E-state index is 0.353. The summed E-state index contributed by atoms with van der Waals surface area (Å²) in [6, 6.07) is 18.7. The summed E-state index contributed by atoms with van der Waals surface area (Å²) >= 11 is 0. The third-order valence-electron chi connectivity index (χ3n) is 4.72. The molecule has 0 radical (unpaired) electrons. The average Bonchev–Trinajstić information content (AvgIpc) is 2.47. The van der Waals surface area contributed by atoms with Crippen molar-refractivity contribution in [2.45, 2.75) is 38.9 Å². The average molecular weight is 284 g/mol.